The van der Waals surface area contributed by atoms with Crippen LogP contribution in [0.2, 0.25) is 0 Å². The van der Waals surface area contributed by atoms with E-state index < -0.39 is 22.5 Å². The van der Waals surface area contributed by atoms with Crippen molar-refractivity contribution in [3.8, 4) is 0 Å². The number of carbonyl (C=O) groups excluding carboxylic acids is 1. The number of nitro groups is 1. The van der Waals surface area contributed by atoms with E-state index >= 15 is 0 Å². The van der Waals surface area contributed by atoms with Crippen molar-refractivity contribution in [3.05, 3.63) is 34.1 Å². The van der Waals surface area contributed by atoms with Crippen LogP contribution in [0.5, 0.6) is 0 Å². The average Bonchev–Trinajstić information content (AvgIpc) is 2.20. The number of methoxy groups -OCH3 is 1. The zero-order chi connectivity index (χ0) is 11.4. The summed E-state index contributed by atoms with van der Waals surface area (Å²) in [5, 5.41) is 12.5. The van der Waals surface area contributed by atoms with Gasteiger partial charge in [-0.05, 0) is 12.1 Å². The first-order valence-corrected chi connectivity index (χ1v) is 3.83. The number of benzene rings is 1. The van der Waals surface area contributed by atoms with Crippen molar-refractivity contribution in [3.63, 3.8) is 0 Å². The van der Waals surface area contributed by atoms with Gasteiger partial charge in [0.15, 0.2) is 0 Å². The number of amides is 1. The van der Waals surface area contributed by atoms with Gasteiger partial charge in [0.25, 0.3) is 0 Å². The lowest BCUT2D eigenvalue weighted by atomic mass is 10.2. The van der Waals surface area contributed by atoms with Crippen molar-refractivity contribution in [2.24, 2.45) is 0 Å². The van der Waals surface area contributed by atoms with E-state index in [9.17, 15) is 19.3 Å². The molecule has 1 rings (SSSR count). The van der Waals surface area contributed by atoms with E-state index in [0.29, 0.717) is 0 Å². The van der Waals surface area contributed by atoms with Crippen LogP contribution in [0.15, 0.2) is 18.2 Å². The van der Waals surface area contributed by atoms with Crippen LogP contribution in [0.4, 0.5) is 20.6 Å². The third-order valence-electron chi connectivity index (χ3n) is 1.57. The highest BCUT2D eigenvalue weighted by atomic mass is 19.1. The Bertz CT molecular complexity index is 408. The molecule has 1 N–H and O–H groups in total. The summed E-state index contributed by atoms with van der Waals surface area (Å²) in [6, 6.07) is 2.99. The summed E-state index contributed by atoms with van der Waals surface area (Å²) < 4.78 is 17.1. The molecule has 0 saturated carbocycles. The van der Waals surface area contributed by atoms with Crippen molar-refractivity contribution in [2.45, 2.75) is 0 Å². The Kier molecular flexibility index (Phi) is 3.17. The quantitative estimate of drug-likeness (QED) is 0.602. The largest absolute Gasteiger partial charge is 0.453 e. The Morgan fingerprint density at radius 2 is 2.27 bits per heavy atom. The minimum absolute atomic E-state index is 0.0925. The predicted molar refractivity (Wildman–Crippen MR) is 49.1 cm³/mol. The number of hydrogen-bond donors (Lipinski definition) is 1. The molecular weight excluding hydrogens is 207 g/mol. The fraction of sp³-hybridized carbons (Fsp3) is 0.125. The van der Waals surface area contributed by atoms with Crippen molar-refractivity contribution in [1.82, 2.24) is 0 Å². The van der Waals surface area contributed by atoms with Gasteiger partial charge < -0.3 is 4.74 Å². The molecule has 1 aromatic carbocycles. The van der Waals surface area contributed by atoms with Crippen LogP contribution in [0, 0.1) is 15.9 Å². The fourth-order valence-electron chi connectivity index (χ4n) is 0.899. The zero-order valence-corrected chi connectivity index (χ0v) is 7.69. The highest BCUT2D eigenvalue weighted by Gasteiger charge is 2.15. The molecule has 15 heavy (non-hydrogen) atoms. The number of ether oxygens (including phenoxy) is 1. The van der Waals surface area contributed by atoms with E-state index in [-0.39, 0.29) is 5.69 Å². The Hall–Kier alpha value is -2.18. The second-order valence-electron chi connectivity index (χ2n) is 2.54. The van der Waals surface area contributed by atoms with Crippen LogP contribution in [-0.4, -0.2) is 18.1 Å². The Labute approximate surface area is 83.8 Å². The minimum atomic E-state index is -0.963. The van der Waals surface area contributed by atoms with Crippen LogP contribution in [0.3, 0.4) is 0 Å². The van der Waals surface area contributed by atoms with Crippen molar-refractivity contribution in [1.29, 1.82) is 0 Å². The standard InChI is InChI=1S/C8H7FN2O4/c1-15-8(12)10-5-2-3-6(9)7(4-5)11(13)14/h2-4H,1H3,(H,10,12). The maximum atomic E-state index is 12.9. The van der Waals surface area contributed by atoms with Crippen LogP contribution in [-0.2, 0) is 4.74 Å². The molecule has 0 aliphatic heterocycles. The predicted octanol–water partition coefficient (Wildman–Crippen LogP) is 1.91. The molecule has 0 heterocycles. The lowest BCUT2D eigenvalue weighted by Gasteiger charge is -2.03. The number of hydrogen-bond acceptors (Lipinski definition) is 4. The molecule has 80 valence electrons. The summed E-state index contributed by atoms with van der Waals surface area (Å²) >= 11 is 0. The van der Waals surface area contributed by atoms with Gasteiger partial charge in [-0.15, -0.1) is 0 Å². The van der Waals surface area contributed by atoms with Gasteiger partial charge in [-0.25, -0.2) is 4.79 Å². The number of carbonyl (C=O) groups is 1. The molecule has 0 aromatic heterocycles. The van der Waals surface area contributed by atoms with E-state index in [1.54, 1.807) is 0 Å². The average molecular weight is 214 g/mol. The van der Waals surface area contributed by atoms with E-state index in [0.717, 1.165) is 19.2 Å². The second-order valence-corrected chi connectivity index (χ2v) is 2.54. The first kappa shape index (κ1) is 10.9. The molecule has 0 fully saturated rings. The molecule has 0 bridgehead atoms. The molecule has 1 amide bonds. The molecular formula is C8H7FN2O4. The highest BCUT2D eigenvalue weighted by molar-refractivity contribution is 5.84. The van der Waals surface area contributed by atoms with Crippen molar-refractivity contribution >= 4 is 17.5 Å². The van der Waals surface area contributed by atoms with E-state index in [1.165, 1.54) is 6.07 Å². The summed E-state index contributed by atoms with van der Waals surface area (Å²) in [6.45, 7) is 0. The fourth-order valence-corrected chi connectivity index (χ4v) is 0.899. The SMILES string of the molecule is COC(=O)Nc1ccc(F)c([N+](=O)[O-])c1. The normalized spacial score (nSPS) is 9.47. The summed E-state index contributed by atoms with van der Waals surface area (Å²) in [5.74, 6) is -0.963. The van der Waals surface area contributed by atoms with Gasteiger partial charge in [0, 0.05) is 6.07 Å². The first-order chi connectivity index (χ1) is 7.04. The molecule has 0 atom stereocenters. The van der Waals surface area contributed by atoms with Gasteiger partial charge in [0.2, 0.25) is 5.82 Å². The number of nitrogens with one attached hydrogen (secondary N) is 1. The van der Waals surface area contributed by atoms with Gasteiger partial charge in [0.1, 0.15) is 0 Å². The van der Waals surface area contributed by atoms with E-state index in [4.69, 9.17) is 0 Å². The zero-order valence-electron chi connectivity index (χ0n) is 7.69. The maximum absolute atomic E-state index is 12.9. The topological polar surface area (TPSA) is 81.5 Å². The monoisotopic (exact) mass is 214 g/mol. The molecule has 6 nitrogen and oxygen atoms in total. The van der Waals surface area contributed by atoms with E-state index in [1.807, 2.05) is 0 Å². The van der Waals surface area contributed by atoms with Gasteiger partial charge in [-0.2, -0.15) is 4.39 Å². The lowest BCUT2D eigenvalue weighted by Crippen LogP contribution is -2.11. The number of rotatable bonds is 2. The highest BCUT2D eigenvalue weighted by Crippen LogP contribution is 2.21. The summed E-state index contributed by atoms with van der Waals surface area (Å²) in [4.78, 5) is 20.2. The van der Waals surface area contributed by atoms with Crippen LogP contribution >= 0.6 is 0 Å². The molecule has 0 aliphatic carbocycles. The summed E-state index contributed by atoms with van der Waals surface area (Å²) in [5.41, 5.74) is -0.612. The smallest absolute Gasteiger partial charge is 0.411 e. The maximum Gasteiger partial charge on any atom is 0.411 e. The summed E-state index contributed by atoms with van der Waals surface area (Å²) in [7, 11) is 1.15. The van der Waals surface area contributed by atoms with Crippen LogP contribution in [0.25, 0.3) is 0 Å². The van der Waals surface area contributed by atoms with Gasteiger partial charge in [-0.1, -0.05) is 0 Å². The van der Waals surface area contributed by atoms with Gasteiger partial charge >= 0.3 is 11.8 Å². The number of anilines is 1. The lowest BCUT2D eigenvalue weighted by molar-refractivity contribution is -0.387. The minimum Gasteiger partial charge on any atom is -0.453 e. The Morgan fingerprint density at radius 3 is 2.80 bits per heavy atom. The van der Waals surface area contributed by atoms with E-state index in [2.05, 4.69) is 10.1 Å². The number of nitro benzene ring substituents is 1. The Morgan fingerprint density at radius 1 is 1.60 bits per heavy atom. The molecule has 0 aliphatic rings. The van der Waals surface area contributed by atoms with Gasteiger partial charge in [0.05, 0.1) is 17.7 Å². The molecule has 0 spiro atoms. The van der Waals surface area contributed by atoms with Crippen LogP contribution < -0.4 is 5.32 Å². The third kappa shape index (κ3) is 2.63. The molecule has 0 radical (unpaired) electrons. The molecule has 0 unspecified atom stereocenters. The first-order valence-electron chi connectivity index (χ1n) is 3.83. The third-order valence-corrected chi connectivity index (χ3v) is 1.57. The summed E-state index contributed by atoms with van der Waals surface area (Å²) in [6.07, 6.45) is -0.782. The number of halogens is 1. The van der Waals surface area contributed by atoms with Gasteiger partial charge in [-0.3, -0.25) is 15.4 Å². The number of nitrogens with zero attached hydrogens (tertiary/aromatic N) is 1. The van der Waals surface area contributed by atoms with Crippen molar-refractivity contribution in [2.75, 3.05) is 12.4 Å². The molecule has 1 aromatic rings. The van der Waals surface area contributed by atoms with Crippen LogP contribution in [0.1, 0.15) is 0 Å². The molecule has 7 heteroatoms. The Balaban J connectivity index is 2.97. The van der Waals surface area contributed by atoms with Crippen molar-refractivity contribution < 1.29 is 18.8 Å². The second kappa shape index (κ2) is 4.36. The molecule has 0 saturated heterocycles.